The van der Waals surface area contributed by atoms with Crippen LogP contribution in [0.4, 0.5) is 0 Å². The van der Waals surface area contributed by atoms with Crippen molar-refractivity contribution in [3.8, 4) is 11.5 Å². The number of methoxy groups -OCH3 is 1. The largest absolute Gasteiger partial charge is 0.493 e. The maximum Gasteiger partial charge on any atom is 0.180 e. The minimum absolute atomic E-state index is 0.470. The molecule has 4 saturated carbocycles. The second kappa shape index (κ2) is 8.67. The van der Waals surface area contributed by atoms with Crippen LogP contribution in [0.1, 0.15) is 56.6 Å². The topological polar surface area (TPSA) is 30.5 Å². The third-order valence-electron chi connectivity index (χ3n) is 8.13. The number of hydrogen-bond donors (Lipinski definition) is 1. The summed E-state index contributed by atoms with van der Waals surface area (Å²) in [5, 5.41) is 4.46. The Bertz CT molecular complexity index is 878. The number of halogens is 1. The SMILES string of the molecule is COc1cc(CNC(C)C23CC4CC(CC(C4)C2)C3)cc(Cl)c1OCc1ccccc1. The number of benzene rings is 2. The van der Waals surface area contributed by atoms with Crippen molar-refractivity contribution in [1.29, 1.82) is 0 Å². The maximum atomic E-state index is 6.62. The highest BCUT2D eigenvalue weighted by Gasteiger charge is 2.52. The fourth-order valence-electron chi connectivity index (χ4n) is 6.94. The highest BCUT2D eigenvalue weighted by Crippen LogP contribution is 2.61. The van der Waals surface area contributed by atoms with Gasteiger partial charge < -0.3 is 14.8 Å². The molecule has 31 heavy (non-hydrogen) atoms. The van der Waals surface area contributed by atoms with Crippen LogP contribution in [0, 0.1) is 23.2 Å². The third kappa shape index (κ3) is 4.32. The van der Waals surface area contributed by atoms with Crippen molar-refractivity contribution in [3.63, 3.8) is 0 Å². The first kappa shape index (κ1) is 21.2. The zero-order chi connectivity index (χ0) is 21.4. The van der Waals surface area contributed by atoms with Crippen molar-refractivity contribution in [3.05, 3.63) is 58.6 Å². The molecule has 0 aliphatic heterocycles. The van der Waals surface area contributed by atoms with E-state index in [1.807, 2.05) is 36.4 Å². The van der Waals surface area contributed by atoms with Gasteiger partial charge in [-0.05, 0) is 91.9 Å². The standard InChI is InChI=1S/C27H34ClNO2/c1-18(27-13-20-8-21(14-27)10-22(9-20)15-27)29-16-23-11-24(28)26(25(12-23)30-2)31-17-19-6-4-3-5-7-19/h3-7,11-12,18,20-22,29H,8-10,13-17H2,1-2H3. The summed E-state index contributed by atoms with van der Waals surface area (Å²) in [4.78, 5) is 0. The zero-order valence-electron chi connectivity index (χ0n) is 18.7. The van der Waals surface area contributed by atoms with E-state index in [9.17, 15) is 0 Å². The Kier molecular flexibility index (Phi) is 5.92. The third-order valence-corrected chi connectivity index (χ3v) is 8.41. The Morgan fingerprint density at radius 2 is 1.65 bits per heavy atom. The van der Waals surface area contributed by atoms with Crippen LogP contribution >= 0.6 is 11.6 Å². The molecule has 2 aromatic rings. The average molecular weight is 440 g/mol. The Morgan fingerprint density at radius 1 is 1.00 bits per heavy atom. The van der Waals surface area contributed by atoms with Gasteiger partial charge in [0.1, 0.15) is 6.61 Å². The van der Waals surface area contributed by atoms with Crippen molar-refractivity contribution in [1.82, 2.24) is 5.32 Å². The molecular weight excluding hydrogens is 406 g/mol. The predicted molar refractivity (Wildman–Crippen MR) is 126 cm³/mol. The Labute approximate surface area is 191 Å². The molecule has 0 heterocycles. The fourth-order valence-corrected chi connectivity index (χ4v) is 7.23. The summed E-state index contributed by atoms with van der Waals surface area (Å²) in [6.45, 7) is 3.68. The first-order chi connectivity index (χ1) is 15.0. The molecule has 0 radical (unpaired) electrons. The van der Waals surface area contributed by atoms with Gasteiger partial charge in [-0.25, -0.2) is 0 Å². The quantitative estimate of drug-likeness (QED) is 0.501. The van der Waals surface area contributed by atoms with E-state index in [-0.39, 0.29) is 0 Å². The summed E-state index contributed by atoms with van der Waals surface area (Å²) < 4.78 is 11.6. The van der Waals surface area contributed by atoms with Crippen molar-refractivity contribution in [2.45, 2.75) is 64.6 Å². The molecule has 4 aliphatic rings. The van der Waals surface area contributed by atoms with Gasteiger partial charge >= 0.3 is 0 Å². The van der Waals surface area contributed by atoms with E-state index >= 15 is 0 Å². The molecule has 1 unspecified atom stereocenters. The van der Waals surface area contributed by atoms with Gasteiger partial charge in [-0.15, -0.1) is 0 Å². The molecule has 166 valence electrons. The molecule has 0 spiro atoms. The Balaban J connectivity index is 1.25. The van der Waals surface area contributed by atoms with Crippen molar-refractivity contribution in [2.24, 2.45) is 23.2 Å². The van der Waals surface area contributed by atoms with Gasteiger partial charge in [0.2, 0.25) is 0 Å². The molecular formula is C27H34ClNO2. The minimum Gasteiger partial charge on any atom is -0.493 e. The van der Waals surface area contributed by atoms with Gasteiger partial charge in [0.15, 0.2) is 11.5 Å². The van der Waals surface area contributed by atoms with Crippen LogP contribution in [0.2, 0.25) is 5.02 Å². The summed E-state index contributed by atoms with van der Waals surface area (Å²) >= 11 is 6.62. The maximum absolute atomic E-state index is 6.62. The van der Waals surface area contributed by atoms with Crippen LogP contribution in [-0.2, 0) is 13.2 Å². The predicted octanol–water partition coefficient (Wildman–Crippen LogP) is 6.62. The van der Waals surface area contributed by atoms with Gasteiger partial charge in [0.25, 0.3) is 0 Å². The van der Waals surface area contributed by atoms with Crippen LogP contribution in [0.5, 0.6) is 11.5 Å². The molecule has 3 nitrogen and oxygen atoms in total. The minimum atomic E-state index is 0.470. The number of hydrogen-bond acceptors (Lipinski definition) is 3. The van der Waals surface area contributed by atoms with Gasteiger partial charge in [0.05, 0.1) is 12.1 Å². The summed E-state index contributed by atoms with van der Waals surface area (Å²) in [5.74, 6) is 4.25. The zero-order valence-corrected chi connectivity index (χ0v) is 19.5. The monoisotopic (exact) mass is 439 g/mol. The van der Waals surface area contributed by atoms with Crippen LogP contribution in [0.3, 0.4) is 0 Å². The Hall–Kier alpha value is -1.71. The van der Waals surface area contributed by atoms with Gasteiger partial charge in [-0.3, -0.25) is 0 Å². The second-order valence-electron chi connectivity index (χ2n) is 10.3. The molecule has 6 rings (SSSR count). The summed E-state index contributed by atoms with van der Waals surface area (Å²) in [7, 11) is 1.68. The molecule has 4 aliphatic carbocycles. The average Bonchev–Trinajstić information content (AvgIpc) is 2.76. The van der Waals surface area contributed by atoms with Crippen LogP contribution in [-0.4, -0.2) is 13.2 Å². The highest BCUT2D eigenvalue weighted by molar-refractivity contribution is 6.32. The molecule has 1 N–H and O–H groups in total. The van der Waals surface area contributed by atoms with Gasteiger partial charge in [-0.2, -0.15) is 0 Å². The van der Waals surface area contributed by atoms with Gasteiger partial charge in [0, 0.05) is 12.6 Å². The molecule has 4 heteroatoms. The van der Waals surface area contributed by atoms with E-state index in [2.05, 4.69) is 18.3 Å². The van der Waals surface area contributed by atoms with E-state index in [0.29, 0.717) is 34.6 Å². The number of rotatable bonds is 8. The molecule has 4 fully saturated rings. The van der Waals surface area contributed by atoms with Crippen molar-refractivity contribution in [2.75, 3.05) is 7.11 Å². The van der Waals surface area contributed by atoms with E-state index in [0.717, 1.165) is 35.4 Å². The summed E-state index contributed by atoms with van der Waals surface area (Å²) in [6, 6.07) is 14.7. The fraction of sp³-hybridized carbons (Fsp3) is 0.556. The normalized spacial score (nSPS) is 29.7. The van der Waals surface area contributed by atoms with E-state index < -0.39 is 0 Å². The summed E-state index contributed by atoms with van der Waals surface area (Å²) in [5.41, 5.74) is 2.75. The first-order valence-electron chi connectivity index (χ1n) is 11.8. The van der Waals surface area contributed by atoms with Gasteiger partial charge in [-0.1, -0.05) is 41.9 Å². The second-order valence-corrected chi connectivity index (χ2v) is 10.7. The smallest absolute Gasteiger partial charge is 0.180 e. The molecule has 2 aromatic carbocycles. The van der Waals surface area contributed by atoms with E-state index in [4.69, 9.17) is 21.1 Å². The molecule has 4 bridgehead atoms. The lowest BCUT2D eigenvalue weighted by atomic mass is 9.48. The Morgan fingerprint density at radius 3 is 2.26 bits per heavy atom. The van der Waals surface area contributed by atoms with Crippen LogP contribution in [0.15, 0.2) is 42.5 Å². The van der Waals surface area contributed by atoms with Crippen LogP contribution < -0.4 is 14.8 Å². The molecule has 0 aromatic heterocycles. The lowest BCUT2D eigenvalue weighted by Crippen LogP contribution is -2.54. The van der Waals surface area contributed by atoms with Crippen molar-refractivity contribution < 1.29 is 9.47 Å². The van der Waals surface area contributed by atoms with Crippen molar-refractivity contribution >= 4 is 11.6 Å². The molecule has 0 saturated heterocycles. The van der Waals surface area contributed by atoms with E-state index in [1.54, 1.807) is 7.11 Å². The highest BCUT2D eigenvalue weighted by atomic mass is 35.5. The van der Waals surface area contributed by atoms with E-state index in [1.165, 1.54) is 38.5 Å². The number of ether oxygens (including phenoxy) is 2. The molecule has 1 atom stereocenters. The summed E-state index contributed by atoms with van der Waals surface area (Å²) in [6.07, 6.45) is 8.73. The number of nitrogens with one attached hydrogen (secondary N) is 1. The van der Waals surface area contributed by atoms with Crippen LogP contribution in [0.25, 0.3) is 0 Å². The first-order valence-corrected chi connectivity index (χ1v) is 12.2. The lowest BCUT2D eigenvalue weighted by molar-refractivity contribution is -0.0706. The lowest BCUT2D eigenvalue weighted by Gasteiger charge is -2.59. The molecule has 0 amide bonds.